The molecule has 0 spiro atoms. The van der Waals surface area contributed by atoms with Crippen LogP contribution in [-0.4, -0.2) is 49.3 Å². The van der Waals surface area contributed by atoms with Crippen LogP contribution in [0.2, 0.25) is 5.02 Å². The molecule has 28 heavy (non-hydrogen) atoms. The predicted octanol–water partition coefficient (Wildman–Crippen LogP) is 4.89. The van der Waals surface area contributed by atoms with Gasteiger partial charge in [-0.15, -0.1) is 0 Å². The van der Waals surface area contributed by atoms with Crippen molar-refractivity contribution >= 4 is 44.6 Å². The highest BCUT2D eigenvalue weighted by molar-refractivity contribution is 6.31. The smallest absolute Gasteiger partial charge is 0.196 e. The van der Waals surface area contributed by atoms with Crippen molar-refractivity contribution in [1.29, 1.82) is 0 Å². The lowest BCUT2D eigenvalue weighted by Crippen LogP contribution is -2.37. The van der Waals surface area contributed by atoms with Gasteiger partial charge in [-0.2, -0.15) is 0 Å². The number of benzene rings is 2. The van der Waals surface area contributed by atoms with Gasteiger partial charge in [-0.25, -0.2) is 4.98 Å². The second kappa shape index (κ2) is 7.59. The first-order valence-electron chi connectivity index (χ1n) is 9.63. The molecule has 6 heteroatoms. The first-order valence-corrected chi connectivity index (χ1v) is 10.0. The van der Waals surface area contributed by atoms with Crippen LogP contribution < -0.4 is 4.74 Å². The van der Waals surface area contributed by atoms with Gasteiger partial charge in [-0.3, -0.25) is 4.90 Å². The third kappa shape index (κ3) is 3.30. The Labute approximate surface area is 167 Å². The molecule has 1 saturated heterocycles. The fourth-order valence-corrected chi connectivity index (χ4v) is 3.93. The average Bonchev–Trinajstić information content (AvgIpc) is 3.09. The van der Waals surface area contributed by atoms with Crippen molar-refractivity contribution in [2.45, 2.75) is 6.42 Å². The Hall–Kier alpha value is -2.34. The zero-order chi connectivity index (χ0) is 18.9. The zero-order valence-corrected chi connectivity index (χ0v) is 16.2. The summed E-state index contributed by atoms with van der Waals surface area (Å²) in [7, 11) is 0. The first kappa shape index (κ1) is 17.7. The molecule has 0 saturated carbocycles. The fourth-order valence-electron chi connectivity index (χ4n) is 3.76. The third-order valence-electron chi connectivity index (χ3n) is 5.18. The minimum atomic E-state index is 0.623. The molecule has 0 aliphatic carbocycles. The van der Waals surface area contributed by atoms with Gasteiger partial charge < -0.3 is 13.9 Å². The topological polar surface area (TPSA) is 47.7 Å². The van der Waals surface area contributed by atoms with Crippen LogP contribution in [0.4, 0.5) is 0 Å². The fraction of sp³-hybridized carbons (Fsp3) is 0.318. The molecule has 5 nitrogen and oxygen atoms in total. The maximum absolute atomic E-state index is 6.26. The van der Waals surface area contributed by atoms with E-state index in [0.29, 0.717) is 17.2 Å². The van der Waals surface area contributed by atoms with Crippen molar-refractivity contribution in [1.82, 2.24) is 9.88 Å². The van der Waals surface area contributed by atoms with E-state index < -0.39 is 0 Å². The number of pyridine rings is 1. The molecule has 0 radical (unpaired) electrons. The van der Waals surface area contributed by atoms with Crippen LogP contribution in [0.3, 0.4) is 0 Å². The molecule has 2 aromatic heterocycles. The standard InChI is InChI=1S/C22H21ClN2O3/c23-15-6-7-19-17(14-15)20-22(28-19)21(16-4-1-2-5-18(16)24-20)27-11-3-8-25-9-12-26-13-10-25/h1-2,4-7,14H,3,8-13H2. The van der Waals surface area contributed by atoms with E-state index in [0.717, 1.165) is 72.4 Å². The number of morpholine rings is 1. The van der Waals surface area contributed by atoms with Gasteiger partial charge in [0, 0.05) is 35.4 Å². The lowest BCUT2D eigenvalue weighted by Gasteiger charge is -2.26. The van der Waals surface area contributed by atoms with Crippen molar-refractivity contribution in [3.05, 3.63) is 47.5 Å². The largest absolute Gasteiger partial charge is 0.489 e. The Bertz CT molecular complexity index is 1130. The number of halogens is 1. The monoisotopic (exact) mass is 396 g/mol. The second-order valence-corrected chi connectivity index (χ2v) is 7.47. The van der Waals surface area contributed by atoms with Gasteiger partial charge in [0.25, 0.3) is 0 Å². The number of furan rings is 1. The van der Waals surface area contributed by atoms with E-state index in [2.05, 4.69) is 4.90 Å². The lowest BCUT2D eigenvalue weighted by atomic mass is 10.1. The molecule has 3 heterocycles. The minimum Gasteiger partial charge on any atom is -0.489 e. The SMILES string of the molecule is Clc1ccc2oc3c(OCCCN4CCOCC4)c4ccccc4nc3c2c1. The van der Waals surface area contributed by atoms with Crippen molar-refractivity contribution in [2.75, 3.05) is 39.5 Å². The molecule has 0 atom stereocenters. The Morgan fingerprint density at radius 2 is 1.93 bits per heavy atom. The number of nitrogens with zero attached hydrogens (tertiary/aromatic N) is 2. The van der Waals surface area contributed by atoms with Crippen LogP contribution in [0.5, 0.6) is 5.75 Å². The minimum absolute atomic E-state index is 0.623. The first-order chi connectivity index (χ1) is 13.8. The summed E-state index contributed by atoms with van der Waals surface area (Å²) in [5, 5.41) is 2.54. The van der Waals surface area contributed by atoms with Gasteiger partial charge in [0.1, 0.15) is 11.1 Å². The van der Waals surface area contributed by atoms with Crippen LogP contribution in [-0.2, 0) is 4.74 Å². The van der Waals surface area contributed by atoms with Gasteiger partial charge in [-0.1, -0.05) is 23.7 Å². The summed E-state index contributed by atoms with van der Waals surface area (Å²) in [5.41, 5.74) is 3.13. The van der Waals surface area contributed by atoms with Crippen LogP contribution in [0.15, 0.2) is 46.9 Å². The van der Waals surface area contributed by atoms with Crippen LogP contribution in [0.25, 0.3) is 33.0 Å². The Morgan fingerprint density at radius 1 is 1.07 bits per heavy atom. The molecule has 0 N–H and O–H groups in total. The molecule has 2 aromatic carbocycles. The molecular formula is C22H21ClN2O3. The maximum Gasteiger partial charge on any atom is 0.196 e. The van der Waals surface area contributed by atoms with E-state index in [1.54, 1.807) is 0 Å². The summed E-state index contributed by atoms with van der Waals surface area (Å²) in [6.07, 6.45) is 0.949. The van der Waals surface area contributed by atoms with Gasteiger partial charge in [-0.05, 0) is 36.8 Å². The highest BCUT2D eigenvalue weighted by Gasteiger charge is 2.18. The predicted molar refractivity (Wildman–Crippen MR) is 111 cm³/mol. The summed E-state index contributed by atoms with van der Waals surface area (Å²) in [6, 6.07) is 13.6. The molecule has 0 amide bonds. The number of fused-ring (bicyclic) bond motifs is 4. The van der Waals surface area contributed by atoms with E-state index in [1.807, 2.05) is 42.5 Å². The number of hydrogen-bond donors (Lipinski definition) is 0. The van der Waals surface area contributed by atoms with E-state index in [4.69, 9.17) is 30.5 Å². The summed E-state index contributed by atoms with van der Waals surface area (Å²) < 4.78 is 17.8. The second-order valence-electron chi connectivity index (χ2n) is 7.03. The van der Waals surface area contributed by atoms with Crippen LogP contribution >= 0.6 is 11.6 Å². The number of aromatic nitrogens is 1. The number of ether oxygens (including phenoxy) is 2. The average molecular weight is 397 g/mol. The highest BCUT2D eigenvalue weighted by atomic mass is 35.5. The Balaban J connectivity index is 1.49. The van der Waals surface area contributed by atoms with Gasteiger partial charge >= 0.3 is 0 Å². The molecule has 144 valence electrons. The van der Waals surface area contributed by atoms with Crippen molar-refractivity contribution < 1.29 is 13.9 Å². The quantitative estimate of drug-likeness (QED) is 0.449. The van der Waals surface area contributed by atoms with E-state index in [9.17, 15) is 0 Å². The van der Waals surface area contributed by atoms with Gasteiger partial charge in [0.2, 0.25) is 0 Å². The van der Waals surface area contributed by atoms with Crippen LogP contribution in [0, 0.1) is 0 Å². The molecule has 0 unspecified atom stereocenters. The van der Waals surface area contributed by atoms with Gasteiger partial charge in [0.05, 0.1) is 25.3 Å². The van der Waals surface area contributed by atoms with Crippen molar-refractivity contribution in [3.63, 3.8) is 0 Å². The molecule has 4 aromatic rings. The molecule has 0 bridgehead atoms. The van der Waals surface area contributed by atoms with E-state index in [1.165, 1.54) is 0 Å². The molecule has 1 aliphatic heterocycles. The third-order valence-corrected chi connectivity index (χ3v) is 5.41. The van der Waals surface area contributed by atoms with Crippen LogP contribution in [0.1, 0.15) is 6.42 Å². The van der Waals surface area contributed by atoms with Crippen molar-refractivity contribution in [2.24, 2.45) is 0 Å². The summed E-state index contributed by atoms with van der Waals surface area (Å²) in [6.45, 7) is 5.25. The van der Waals surface area contributed by atoms with E-state index >= 15 is 0 Å². The zero-order valence-electron chi connectivity index (χ0n) is 15.5. The molecule has 5 rings (SSSR count). The van der Waals surface area contributed by atoms with Gasteiger partial charge in [0.15, 0.2) is 11.3 Å². The molecule has 1 aliphatic rings. The normalized spacial score (nSPS) is 15.6. The maximum atomic E-state index is 6.26. The number of hydrogen-bond acceptors (Lipinski definition) is 5. The lowest BCUT2D eigenvalue weighted by molar-refractivity contribution is 0.0358. The Morgan fingerprint density at radius 3 is 2.82 bits per heavy atom. The summed E-state index contributed by atoms with van der Waals surface area (Å²) >= 11 is 6.20. The van der Waals surface area contributed by atoms with E-state index in [-0.39, 0.29) is 0 Å². The Kier molecular flexibility index (Phi) is 4.81. The highest BCUT2D eigenvalue weighted by Crippen LogP contribution is 2.39. The number of rotatable bonds is 5. The summed E-state index contributed by atoms with van der Waals surface area (Å²) in [5.74, 6) is 0.759. The molecule has 1 fully saturated rings. The number of para-hydroxylation sites is 1. The summed E-state index contributed by atoms with van der Waals surface area (Å²) in [4.78, 5) is 7.23. The molecular weight excluding hydrogens is 376 g/mol. The van der Waals surface area contributed by atoms with Crippen molar-refractivity contribution in [3.8, 4) is 5.75 Å².